The van der Waals surface area contributed by atoms with Crippen molar-refractivity contribution in [2.24, 2.45) is 0 Å². The number of amides is 4. The first-order valence-electron chi connectivity index (χ1n) is 8.29. The molecule has 0 aliphatic carbocycles. The number of benzene rings is 2. The quantitative estimate of drug-likeness (QED) is 0.643. The lowest BCUT2D eigenvalue weighted by Gasteiger charge is -2.15. The lowest BCUT2D eigenvalue weighted by atomic mass is 10.2. The van der Waals surface area contributed by atoms with E-state index < -0.39 is 0 Å². The number of anilines is 3. The first kappa shape index (κ1) is 18.3. The van der Waals surface area contributed by atoms with Crippen molar-refractivity contribution in [2.45, 2.75) is 33.2 Å². The van der Waals surface area contributed by atoms with Gasteiger partial charge in [-0.15, -0.1) is 0 Å². The molecule has 25 heavy (non-hydrogen) atoms. The highest BCUT2D eigenvalue weighted by Gasteiger charge is 2.09. The Morgan fingerprint density at radius 1 is 0.920 bits per heavy atom. The fourth-order valence-corrected chi connectivity index (χ4v) is 2.13. The number of hydrogen-bond donors (Lipinski definition) is 4. The second kappa shape index (κ2) is 8.73. The second-order valence-corrected chi connectivity index (χ2v) is 5.88. The maximum absolute atomic E-state index is 12.1. The summed E-state index contributed by atoms with van der Waals surface area (Å²) in [4.78, 5) is 24.0. The Balaban J connectivity index is 2.00. The normalized spacial score (nSPS) is 11.3. The molecule has 6 nitrogen and oxygen atoms in total. The Morgan fingerprint density at radius 2 is 1.60 bits per heavy atom. The Kier molecular flexibility index (Phi) is 6.39. The molecule has 0 saturated carbocycles. The van der Waals surface area contributed by atoms with Gasteiger partial charge in [-0.05, 0) is 50.1 Å². The molecule has 0 aliphatic rings. The summed E-state index contributed by atoms with van der Waals surface area (Å²) in [6.45, 7) is 5.84. The molecule has 0 fully saturated rings. The minimum atomic E-state index is -0.343. The zero-order chi connectivity index (χ0) is 18.2. The van der Waals surface area contributed by atoms with Crippen LogP contribution in [0.5, 0.6) is 0 Å². The van der Waals surface area contributed by atoms with Crippen LogP contribution in [0.3, 0.4) is 0 Å². The van der Waals surface area contributed by atoms with Crippen LogP contribution in [0.2, 0.25) is 0 Å². The number of nitrogens with one attached hydrogen (secondary N) is 4. The lowest BCUT2D eigenvalue weighted by molar-refractivity contribution is 0.249. The molecule has 4 N–H and O–H groups in total. The summed E-state index contributed by atoms with van der Waals surface area (Å²) < 4.78 is 0. The van der Waals surface area contributed by atoms with Crippen LogP contribution < -0.4 is 21.3 Å². The molecule has 0 heterocycles. The highest BCUT2D eigenvalue weighted by molar-refractivity contribution is 6.00. The average molecular weight is 340 g/mol. The Morgan fingerprint density at radius 3 is 2.28 bits per heavy atom. The van der Waals surface area contributed by atoms with Crippen molar-refractivity contribution in [1.82, 2.24) is 5.32 Å². The third-order valence-electron chi connectivity index (χ3n) is 3.77. The Labute approximate surface area is 148 Å². The van der Waals surface area contributed by atoms with E-state index in [-0.39, 0.29) is 18.1 Å². The largest absolute Gasteiger partial charge is 0.335 e. The fraction of sp³-hybridized carbons (Fsp3) is 0.263. The standard InChI is InChI=1S/C19H24N4O2/c1-4-14(3)20-18(24)23-17-12-16(11-10-13(17)2)22-19(25)21-15-8-6-5-7-9-15/h5-12,14H,4H2,1-3H3,(H2,20,23,24)(H2,21,22,25). The predicted octanol–water partition coefficient (Wildman–Crippen LogP) is 4.56. The third kappa shape index (κ3) is 5.84. The van der Waals surface area contributed by atoms with Gasteiger partial charge < -0.3 is 21.3 Å². The Bertz CT molecular complexity index is 731. The molecule has 2 aromatic carbocycles. The van der Waals surface area contributed by atoms with Gasteiger partial charge in [0.15, 0.2) is 0 Å². The minimum Gasteiger partial charge on any atom is -0.335 e. The van der Waals surface area contributed by atoms with E-state index in [9.17, 15) is 9.59 Å². The molecule has 0 aliphatic heterocycles. The van der Waals surface area contributed by atoms with Crippen molar-refractivity contribution >= 4 is 29.1 Å². The molecular formula is C19H24N4O2. The Hall–Kier alpha value is -3.02. The minimum absolute atomic E-state index is 0.0956. The zero-order valence-electron chi connectivity index (χ0n) is 14.7. The number of hydrogen-bond acceptors (Lipinski definition) is 2. The second-order valence-electron chi connectivity index (χ2n) is 5.88. The summed E-state index contributed by atoms with van der Waals surface area (Å²) >= 11 is 0. The van der Waals surface area contributed by atoms with Crippen molar-refractivity contribution in [3.8, 4) is 0 Å². The van der Waals surface area contributed by atoms with Crippen molar-refractivity contribution in [2.75, 3.05) is 16.0 Å². The van der Waals surface area contributed by atoms with Crippen molar-refractivity contribution in [1.29, 1.82) is 0 Å². The van der Waals surface area contributed by atoms with Crippen LogP contribution in [-0.2, 0) is 0 Å². The van der Waals surface area contributed by atoms with Gasteiger partial charge in [-0.25, -0.2) is 9.59 Å². The van der Waals surface area contributed by atoms with Gasteiger partial charge >= 0.3 is 12.1 Å². The molecule has 2 aromatic rings. The van der Waals surface area contributed by atoms with Crippen LogP contribution >= 0.6 is 0 Å². The summed E-state index contributed by atoms with van der Waals surface area (Å²) in [7, 11) is 0. The van der Waals surface area contributed by atoms with Crippen LogP contribution in [0.4, 0.5) is 26.7 Å². The van der Waals surface area contributed by atoms with Gasteiger partial charge in [0.1, 0.15) is 0 Å². The maximum atomic E-state index is 12.1. The van der Waals surface area contributed by atoms with Gasteiger partial charge in [0.2, 0.25) is 0 Å². The molecule has 0 aromatic heterocycles. The highest BCUT2D eigenvalue weighted by atomic mass is 16.2. The molecule has 0 spiro atoms. The average Bonchev–Trinajstić information content (AvgIpc) is 2.58. The van der Waals surface area contributed by atoms with E-state index in [0.29, 0.717) is 17.1 Å². The SMILES string of the molecule is CCC(C)NC(=O)Nc1cc(NC(=O)Nc2ccccc2)ccc1C. The summed E-state index contributed by atoms with van der Waals surface area (Å²) in [5, 5.41) is 11.2. The van der Waals surface area contributed by atoms with Gasteiger partial charge in [0, 0.05) is 23.1 Å². The molecule has 1 unspecified atom stereocenters. The first-order chi connectivity index (χ1) is 12.0. The van der Waals surface area contributed by atoms with E-state index in [4.69, 9.17) is 0 Å². The maximum Gasteiger partial charge on any atom is 0.323 e. The van der Waals surface area contributed by atoms with E-state index in [0.717, 1.165) is 12.0 Å². The van der Waals surface area contributed by atoms with Crippen LogP contribution in [0.15, 0.2) is 48.5 Å². The van der Waals surface area contributed by atoms with Gasteiger partial charge in [-0.2, -0.15) is 0 Å². The van der Waals surface area contributed by atoms with Gasteiger partial charge in [0.25, 0.3) is 0 Å². The molecule has 4 amide bonds. The number of aryl methyl sites for hydroxylation is 1. The lowest BCUT2D eigenvalue weighted by Crippen LogP contribution is -2.35. The summed E-state index contributed by atoms with van der Waals surface area (Å²) in [6, 6.07) is 14.0. The molecular weight excluding hydrogens is 316 g/mol. The molecule has 6 heteroatoms. The van der Waals surface area contributed by atoms with Gasteiger partial charge in [-0.1, -0.05) is 31.2 Å². The molecule has 132 valence electrons. The predicted molar refractivity (Wildman–Crippen MR) is 102 cm³/mol. The molecule has 2 rings (SSSR count). The number of rotatable bonds is 5. The molecule has 1 atom stereocenters. The van der Waals surface area contributed by atoms with Crippen LogP contribution in [0.25, 0.3) is 0 Å². The number of carbonyl (C=O) groups is 2. The fourth-order valence-electron chi connectivity index (χ4n) is 2.13. The van der Waals surface area contributed by atoms with Crippen LogP contribution in [0, 0.1) is 6.92 Å². The van der Waals surface area contributed by atoms with E-state index in [2.05, 4.69) is 21.3 Å². The van der Waals surface area contributed by atoms with Gasteiger partial charge in [-0.3, -0.25) is 0 Å². The summed E-state index contributed by atoms with van der Waals surface area (Å²) in [5.74, 6) is 0. The van der Waals surface area contributed by atoms with Crippen molar-refractivity contribution in [3.05, 3.63) is 54.1 Å². The van der Waals surface area contributed by atoms with E-state index >= 15 is 0 Å². The number of urea groups is 2. The molecule has 0 radical (unpaired) electrons. The monoisotopic (exact) mass is 340 g/mol. The van der Waals surface area contributed by atoms with E-state index in [1.807, 2.05) is 45.0 Å². The summed E-state index contributed by atoms with van der Waals surface area (Å²) in [6.07, 6.45) is 0.855. The molecule has 0 bridgehead atoms. The number of carbonyl (C=O) groups excluding carboxylic acids is 2. The first-order valence-corrected chi connectivity index (χ1v) is 8.29. The van der Waals surface area contributed by atoms with Gasteiger partial charge in [0.05, 0.1) is 0 Å². The highest BCUT2D eigenvalue weighted by Crippen LogP contribution is 2.20. The van der Waals surface area contributed by atoms with E-state index in [1.165, 1.54) is 0 Å². The summed E-state index contributed by atoms with van der Waals surface area (Å²) in [5.41, 5.74) is 2.86. The topological polar surface area (TPSA) is 82.3 Å². The van der Waals surface area contributed by atoms with E-state index in [1.54, 1.807) is 24.3 Å². The number of para-hydroxylation sites is 1. The van der Waals surface area contributed by atoms with Crippen molar-refractivity contribution < 1.29 is 9.59 Å². The van der Waals surface area contributed by atoms with Crippen LogP contribution in [0.1, 0.15) is 25.8 Å². The zero-order valence-corrected chi connectivity index (χ0v) is 14.7. The third-order valence-corrected chi connectivity index (χ3v) is 3.77. The van der Waals surface area contributed by atoms with Crippen LogP contribution in [-0.4, -0.2) is 18.1 Å². The van der Waals surface area contributed by atoms with Crippen molar-refractivity contribution in [3.63, 3.8) is 0 Å². The smallest absolute Gasteiger partial charge is 0.323 e. The molecule has 0 saturated heterocycles.